The van der Waals surface area contributed by atoms with Gasteiger partial charge in [0.05, 0.1) is 11.7 Å². The van der Waals surface area contributed by atoms with E-state index < -0.39 is 10.0 Å². The van der Waals surface area contributed by atoms with Crippen LogP contribution in [0.25, 0.3) is 0 Å². The first kappa shape index (κ1) is 18.1. The van der Waals surface area contributed by atoms with E-state index in [-0.39, 0.29) is 5.41 Å². The van der Waals surface area contributed by atoms with Crippen LogP contribution in [0.4, 0.5) is 0 Å². The van der Waals surface area contributed by atoms with E-state index in [9.17, 15) is 13.2 Å². The second-order valence-electron chi connectivity index (χ2n) is 7.97. The Morgan fingerprint density at radius 2 is 1.62 bits per heavy atom. The van der Waals surface area contributed by atoms with Gasteiger partial charge in [-0.3, -0.25) is 4.79 Å². The van der Waals surface area contributed by atoms with Crippen LogP contribution in [-0.2, 0) is 19.6 Å². The standard InChI is InChI=1S/C17H30N2O4S/c1-17(6-11-23-12-7-17)16(20)18-8-3-15(13-18)14-4-9-19(10-5-14)24(2,21)22/h14-15H,3-13H2,1-2H3. The Morgan fingerprint density at radius 3 is 2.21 bits per heavy atom. The van der Waals surface area contributed by atoms with E-state index >= 15 is 0 Å². The molecule has 3 rings (SSSR count). The molecule has 3 saturated heterocycles. The molecule has 0 N–H and O–H groups in total. The van der Waals surface area contributed by atoms with Crippen molar-refractivity contribution in [2.24, 2.45) is 17.3 Å². The lowest BCUT2D eigenvalue weighted by atomic mass is 9.81. The van der Waals surface area contributed by atoms with E-state index in [0.29, 0.717) is 44.0 Å². The van der Waals surface area contributed by atoms with Crippen LogP contribution >= 0.6 is 0 Å². The molecule has 3 aliphatic heterocycles. The summed E-state index contributed by atoms with van der Waals surface area (Å²) in [4.78, 5) is 15.0. The fourth-order valence-electron chi connectivity index (χ4n) is 4.45. The third-order valence-corrected chi connectivity index (χ3v) is 7.56. The molecule has 3 fully saturated rings. The van der Waals surface area contributed by atoms with E-state index in [4.69, 9.17) is 4.74 Å². The smallest absolute Gasteiger partial charge is 0.228 e. The minimum absolute atomic E-state index is 0.257. The Bertz CT molecular complexity index is 563. The highest BCUT2D eigenvalue weighted by Crippen LogP contribution is 2.37. The number of nitrogens with zero attached hydrogens (tertiary/aromatic N) is 2. The van der Waals surface area contributed by atoms with E-state index in [1.54, 1.807) is 4.31 Å². The second-order valence-corrected chi connectivity index (χ2v) is 9.95. The largest absolute Gasteiger partial charge is 0.381 e. The van der Waals surface area contributed by atoms with Crippen molar-refractivity contribution in [2.45, 2.75) is 39.0 Å². The first-order chi connectivity index (χ1) is 11.3. The predicted molar refractivity (Wildman–Crippen MR) is 92.0 cm³/mol. The third-order valence-electron chi connectivity index (χ3n) is 6.26. The van der Waals surface area contributed by atoms with Gasteiger partial charge in [0.2, 0.25) is 15.9 Å². The van der Waals surface area contributed by atoms with Crippen LogP contribution in [0.2, 0.25) is 0 Å². The van der Waals surface area contributed by atoms with Gasteiger partial charge in [0.25, 0.3) is 0 Å². The lowest BCUT2D eigenvalue weighted by Gasteiger charge is -2.36. The Morgan fingerprint density at radius 1 is 1.04 bits per heavy atom. The van der Waals surface area contributed by atoms with E-state index in [1.165, 1.54) is 6.26 Å². The molecule has 24 heavy (non-hydrogen) atoms. The molecule has 1 atom stereocenters. The summed E-state index contributed by atoms with van der Waals surface area (Å²) < 4.78 is 30.3. The van der Waals surface area contributed by atoms with Crippen molar-refractivity contribution < 1.29 is 17.9 Å². The minimum atomic E-state index is -3.06. The fraction of sp³-hybridized carbons (Fsp3) is 0.941. The van der Waals surface area contributed by atoms with Crippen molar-refractivity contribution >= 4 is 15.9 Å². The van der Waals surface area contributed by atoms with Crippen LogP contribution in [0, 0.1) is 17.3 Å². The lowest BCUT2D eigenvalue weighted by Crippen LogP contribution is -2.45. The highest BCUT2D eigenvalue weighted by atomic mass is 32.2. The highest BCUT2D eigenvalue weighted by molar-refractivity contribution is 7.88. The normalized spacial score (nSPS) is 29.8. The Hall–Kier alpha value is -0.660. The molecule has 3 heterocycles. The van der Waals surface area contributed by atoms with Gasteiger partial charge < -0.3 is 9.64 Å². The van der Waals surface area contributed by atoms with E-state index in [0.717, 1.165) is 45.2 Å². The van der Waals surface area contributed by atoms with Gasteiger partial charge in [-0.05, 0) is 43.9 Å². The topological polar surface area (TPSA) is 66.9 Å². The van der Waals surface area contributed by atoms with Crippen molar-refractivity contribution in [3.05, 3.63) is 0 Å². The van der Waals surface area contributed by atoms with Crippen LogP contribution in [0.5, 0.6) is 0 Å². The number of carbonyl (C=O) groups excluding carboxylic acids is 1. The van der Waals surface area contributed by atoms with Crippen LogP contribution in [0.3, 0.4) is 0 Å². The number of hydrogen-bond donors (Lipinski definition) is 0. The summed E-state index contributed by atoms with van der Waals surface area (Å²) in [5.41, 5.74) is -0.257. The number of rotatable bonds is 3. The Labute approximate surface area is 145 Å². The quantitative estimate of drug-likeness (QED) is 0.763. The van der Waals surface area contributed by atoms with Crippen molar-refractivity contribution in [2.75, 3.05) is 45.6 Å². The molecule has 0 bridgehead atoms. The number of amides is 1. The van der Waals surface area contributed by atoms with Gasteiger partial charge in [-0.1, -0.05) is 6.92 Å². The predicted octanol–water partition coefficient (Wildman–Crippen LogP) is 1.32. The average Bonchev–Trinajstić information content (AvgIpc) is 3.04. The average molecular weight is 359 g/mol. The number of sulfonamides is 1. The fourth-order valence-corrected chi connectivity index (χ4v) is 5.33. The monoisotopic (exact) mass is 358 g/mol. The molecular formula is C17H30N2O4S. The highest BCUT2D eigenvalue weighted by Gasteiger charge is 2.42. The molecule has 0 aromatic heterocycles. The zero-order chi connectivity index (χ0) is 17.4. The molecule has 0 aromatic rings. The van der Waals surface area contributed by atoms with Crippen LogP contribution in [0.1, 0.15) is 39.0 Å². The van der Waals surface area contributed by atoms with Gasteiger partial charge in [-0.2, -0.15) is 0 Å². The maximum Gasteiger partial charge on any atom is 0.228 e. The second kappa shape index (κ2) is 6.92. The zero-order valence-corrected chi connectivity index (χ0v) is 15.7. The van der Waals surface area contributed by atoms with Crippen LogP contribution in [0.15, 0.2) is 0 Å². The SMILES string of the molecule is CC1(C(=O)N2CCC(C3CCN(S(C)(=O)=O)CC3)C2)CCOCC1. The first-order valence-electron chi connectivity index (χ1n) is 9.12. The van der Waals surface area contributed by atoms with Crippen LogP contribution < -0.4 is 0 Å². The summed E-state index contributed by atoms with van der Waals surface area (Å²) in [5, 5.41) is 0. The van der Waals surface area contributed by atoms with Gasteiger partial charge in [0, 0.05) is 39.4 Å². The van der Waals surface area contributed by atoms with Gasteiger partial charge in [-0.15, -0.1) is 0 Å². The number of piperidine rings is 1. The van der Waals surface area contributed by atoms with Crippen molar-refractivity contribution in [3.8, 4) is 0 Å². The summed E-state index contributed by atoms with van der Waals surface area (Å²) in [6.07, 6.45) is 5.83. The molecule has 0 spiro atoms. The molecule has 0 aliphatic carbocycles. The number of hydrogen-bond acceptors (Lipinski definition) is 4. The van der Waals surface area contributed by atoms with Crippen molar-refractivity contribution in [1.82, 2.24) is 9.21 Å². The summed E-state index contributed by atoms with van der Waals surface area (Å²) in [6, 6.07) is 0. The van der Waals surface area contributed by atoms with Gasteiger partial charge in [0.1, 0.15) is 0 Å². The van der Waals surface area contributed by atoms with Crippen molar-refractivity contribution in [1.29, 1.82) is 0 Å². The zero-order valence-electron chi connectivity index (χ0n) is 14.9. The molecule has 0 radical (unpaired) electrons. The molecule has 7 heteroatoms. The molecule has 6 nitrogen and oxygen atoms in total. The first-order valence-corrected chi connectivity index (χ1v) is 11.0. The summed E-state index contributed by atoms with van der Waals surface area (Å²) in [6.45, 7) is 6.40. The molecule has 1 unspecified atom stereocenters. The number of likely N-dealkylation sites (tertiary alicyclic amines) is 1. The lowest BCUT2D eigenvalue weighted by molar-refractivity contribution is -0.145. The van der Waals surface area contributed by atoms with E-state index in [2.05, 4.69) is 11.8 Å². The summed E-state index contributed by atoms with van der Waals surface area (Å²) in [7, 11) is -3.06. The van der Waals surface area contributed by atoms with Crippen LogP contribution in [-0.4, -0.2) is 69.2 Å². The maximum atomic E-state index is 12.9. The molecule has 0 aromatic carbocycles. The number of ether oxygens (including phenoxy) is 1. The van der Waals surface area contributed by atoms with Gasteiger partial charge in [0.15, 0.2) is 0 Å². The molecule has 3 aliphatic rings. The Kier molecular flexibility index (Phi) is 5.23. The molecular weight excluding hydrogens is 328 g/mol. The molecule has 1 amide bonds. The Balaban J connectivity index is 1.53. The van der Waals surface area contributed by atoms with Crippen molar-refractivity contribution in [3.63, 3.8) is 0 Å². The maximum absolute atomic E-state index is 12.9. The number of carbonyl (C=O) groups is 1. The summed E-state index contributed by atoms with van der Waals surface area (Å²) >= 11 is 0. The molecule has 0 saturated carbocycles. The van der Waals surface area contributed by atoms with Gasteiger partial charge in [-0.25, -0.2) is 12.7 Å². The van der Waals surface area contributed by atoms with Gasteiger partial charge >= 0.3 is 0 Å². The minimum Gasteiger partial charge on any atom is -0.381 e. The molecule has 138 valence electrons. The third kappa shape index (κ3) is 3.78. The van der Waals surface area contributed by atoms with E-state index in [1.807, 2.05) is 0 Å². The summed E-state index contributed by atoms with van der Waals surface area (Å²) in [5.74, 6) is 1.37.